The molecule has 106 valence electrons. The lowest BCUT2D eigenvalue weighted by Gasteiger charge is -2.01. The summed E-state index contributed by atoms with van der Waals surface area (Å²) in [5.41, 5.74) is 2.39. The number of rotatable bonds is 4. The van der Waals surface area contributed by atoms with Gasteiger partial charge in [0.1, 0.15) is 5.75 Å². The summed E-state index contributed by atoms with van der Waals surface area (Å²) in [6.45, 7) is 2.59. The number of aromatic nitrogens is 1. The lowest BCUT2D eigenvalue weighted by atomic mass is 10.2. The van der Waals surface area contributed by atoms with Crippen molar-refractivity contribution in [3.05, 3.63) is 54.1 Å². The number of nitrogens with zero attached hydrogens (tertiary/aromatic N) is 1. The van der Waals surface area contributed by atoms with Crippen LogP contribution in [-0.2, 0) is 0 Å². The predicted molar refractivity (Wildman–Crippen MR) is 84.8 cm³/mol. The molecule has 0 radical (unpaired) electrons. The van der Waals surface area contributed by atoms with E-state index in [9.17, 15) is 5.11 Å². The summed E-state index contributed by atoms with van der Waals surface area (Å²) < 4.78 is 5.39. The van der Waals surface area contributed by atoms with Crippen LogP contribution in [0.25, 0.3) is 10.9 Å². The van der Waals surface area contributed by atoms with Crippen molar-refractivity contribution < 1.29 is 9.84 Å². The fourth-order valence-electron chi connectivity index (χ4n) is 2.21. The molecule has 0 amide bonds. The van der Waals surface area contributed by atoms with Crippen LogP contribution < -0.4 is 4.74 Å². The van der Waals surface area contributed by atoms with Crippen molar-refractivity contribution in [1.29, 1.82) is 0 Å². The van der Waals surface area contributed by atoms with Gasteiger partial charge in [-0.1, -0.05) is 18.2 Å². The van der Waals surface area contributed by atoms with E-state index < -0.39 is 0 Å². The molecule has 0 saturated heterocycles. The van der Waals surface area contributed by atoms with E-state index in [-0.39, 0.29) is 5.88 Å². The molecular weight excluding hydrogens is 264 g/mol. The Morgan fingerprint density at radius 1 is 1.14 bits per heavy atom. The minimum atomic E-state index is 0.130. The summed E-state index contributed by atoms with van der Waals surface area (Å²) in [6.07, 6.45) is 1.67. The van der Waals surface area contributed by atoms with Crippen molar-refractivity contribution in [2.45, 2.75) is 6.92 Å². The van der Waals surface area contributed by atoms with E-state index >= 15 is 0 Å². The van der Waals surface area contributed by atoms with Crippen LogP contribution in [0.4, 0.5) is 5.69 Å². The number of fused-ring (bicyclic) bond motifs is 1. The third-order valence-electron chi connectivity index (χ3n) is 3.22. The molecule has 21 heavy (non-hydrogen) atoms. The van der Waals surface area contributed by atoms with Gasteiger partial charge in [-0.05, 0) is 37.3 Å². The van der Waals surface area contributed by atoms with Crippen molar-refractivity contribution in [3.63, 3.8) is 0 Å². The number of hydrogen-bond donors (Lipinski definition) is 2. The molecule has 0 aliphatic heterocycles. The van der Waals surface area contributed by atoms with Gasteiger partial charge >= 0.3 is 0 Å². The van der Waals surface area contributed by atoms with Gasteiger partial charge in [0.2, 0.25) is 0 Å². The number of H-pyrrole nitrogens is 1. The Balaban J connectivity index is 1.89. The van der Waals surface area contributed by atoms with E-state index in [0.29, 0.717) is 12.2 Å². The van der Waals surface area contributed by atoms with Gasteiger partial charge in [-0.2, -0.15) is 0 Å². The van der Waals surface area contributed by atoms with Gasteiger partial charge in [0.15, 0.2) is 5.88 Å². The fraction of sp³-hybridized carbons (Fsp3) is 0.118. The zero-order chi connectivity index (χ0) is 14.7. The van der Waals surface area contributed by atoms with E-state index in [1.165, 1.54) is 0 Å². The molecule has 4 nitrogen and oxygen atoms in total. The number of aromatic hydroxyl groups is 1. The summed E-state index contributed by atoms with van der Waals surface area (Å²) in [4.78, 5) is 7.33. The summed E-state index contributed by atoms with van der Waals surface area (Å²) in [6, 6.07) is 15.3. The lowest BCUT2D eigenvalue weighted by molar-refractivity contribution is 0.340. The normalized spacial score (nSPS) is 11.3. The number of aromatic amines is 1. The molecule has 0 aliphatic carbocycles. The highest BCUT2D eigenvalue weighted by atomic mass is 16.5. The molecule has 0 atom stereocenters. The van der Waals surface area contributed by atoms with Gasteiger partial charge in [-0.3, -0.25) is 4.99 Å². The highest BCUT2D eigenvalue weighted by molar-refractivity contribution is 6.02. The first-order chi connectivity index (χ1) is 10.3. The van der Waals surface area contributed by atoms with Crippen LogP contribution in [0.1, 0.15) is 12.5 Å². The van der Waals surface area contributed by atoms with Crippen molar-refractivity contribution in [1.82, 2.24) is 4.98 Å². The smallest absolute Gasteiger partial charge is 0.198 e. The molecular formula is C17H16N2O2. The topological polar surface area (TPSA) is 57.6 Å². The molecule has 0 aliphatic rings. The van der Waals surface area contributed by atoms with Gasteiger partial charge in [-0.15, -0.1) is 0 Å². The summed E-state index contributed by atoms with van der Waals surface area (Å²) in [7, 11) is 0. The van der Waals surface area contributed by atoms with Gasteiger partial charge in [-0.25, -0.2) is 0 Å². The molecule has 2 N–H and O–H groups in total. The number of hydrogen-bond acceptors (Lipinski definition) is 3. The Morgan fingerprint density at radius 3 is 2.67 bits per heavy atom. The number of benzene rings is 2. The standard InChI is InChI=1S/C17H16N2O2/c1-2-21-13-9-7-12(8-10-13)18-11-15-14-5-3-4-6-16(14)19-17(15)20/h3-11,19-20H,2H2,1H3. The van der Waals surface area contributed by atoms with Crippen LogP contribution in [0, 0.1) is 0 Å². The number of para-hydroxylation sites is 1. The number of aliphatic imine (C=N–C) groups is 1. The Kier molecular flexibility index (Phi) is 3.60. The maximum absolute atomic E-state index is 9.96. The molecule has 0 unspecified atom stereocenters. The lowest BCUT2D eigenvalue weighted by Crippen LogP contribution is -1.89. The van der Waals surface area contributed by atoms with Crippen LogP contribution >= 0.6 is 0 Å². The fourth-order valence-corrected chi connectivity index (χ4v) is 2.21. The second kappa shape index (κ2) is 5.71. The monoisotopic (exact) mass is 280 g/mol. The van der Waals surface area contributed by atoms with Gasteiger partial charge in [0.05, 0.1) is 17.9 Å². The third-order valence-corrected chi connectivity index (χ3v) is 3.22. The van der Waals surface area contributed by atoms with Gasteiger partial charge < -0.3 is 14.8 Å². The average molecular weight is 280 g/mol. The minimum absolute atomic E-state index is 0.130. The predicted octanol–water partition coefficient (Wildman–Crippen LogP) is 4.02. The number of ether oxygens (including phenoxy) is 1. The maximum Gasteiger partial charge on any atom is 0.198 e. The Hall–Kier alpha value is -2.75. The van der Waals surface area contributed by atoms with E-state index in [1.54, 1.807) is 6.21 Å². The molecule has 0 bridgehead atoms. The molecule has 0 saturated carbocycles. The van der Waals surface area contributed by atoms with Crippen LogP contribution in [-0.4, -0.2) is 22.9 Å². The van der Waals surface area contributed by atoms with Crippen LogP contribution in [0.2, 0.25) is 0 Å². The van der Waals surface area contributed by atoms with E-state index in [0.717, 1.165) is 22.3 Å². The summed E-state index contributed by atoms with van der Waals surface area (Å²) in [5, 5.41) is 10.9. The first kappa shape index (κ1) is 13.2. The Bertz CT molecular complexity index is 773. The maximum atomic E-state index is 9.96. The van der Waals surface area contributed by atoms with Crippen molar-refractivity contribution in [3.8, 4) is 11.6 Å². The number of nitrogens with one attached hydrogen (secondary N) is 1. The van der Waals surface area contributed by atoms with Crippen LogP contribution in [0.5, 0.6) is 11.6 Å². The molecule has 2 aromatic carbocycles. The quantitative estimate of drug-likeness (QED) is 0.709. The van der Waals surface area contributed by atoms with E-state index in [1.807, 2.05) is 55.5 Å². The van der Waals surface area contributed by atoms with Crippen molar-refractivity contribution in [2.75, 3.05) is 6.61 Å². The zero-order valence-electron chi connectivity index (χ0n) is 11.7. The second-order valence-corrected chi connectivity index (χ2v) is 4.62. The second-order valence-electron chi connectivity index (χ2n) is 4.62. The third kappa shape index (κ3) is 2.74. The van der Waals surface area contributed by atoms with Gasteiger partial charge in [0, 0.05) is 17.1 Å². The molecule has 1 aromatic heterocycles. The van der Waals surface area contributed by atoms with Crippen LogP contribution in [0.3, 0.4) is 0 Å². The molecule has 3 aromatic rings. The molecule has 0 spiro atoms. The van der Waals surface area contributed by atoms with Crippen molar-refractivity contribution >= 4 is 22.8 Å². The SMILES string of the molecule is CCOc1ccc(N=Cc2c(O)[nH]c3ccccc23)cc1. The Labute approximate surface area is 122 Å². The minimum Gasteiger partial charge on any atom is -0.494 e. The molecule has 3 rings (SSSR count). The first-order valence-corrected chi connectivity index (χ1v) is 6.84. The molecule has 4 heteroatoms. The van der Waals surface area contributed by atoms with Crippen molar-refractivity contribution in [2.24, 2.45) is 4.99 Å². The van der Waals surface area contributed by atoms with E-state index in [4.69, 9.17) is 4.74 Å². The molecule has 1 heterocycles. The highest BCUT2D eigenvalue weighted by Gasteiger charge is 2.07. The average Bonchev–Trinajstić information content (AvgIpc) is 2.82. The largest absolute Gasteiger partial charge is 0.494 e. The molecule has 0 fully saturated rings. The Morgan fingerprint density at radius 2 is 1.90 bits per heavy atom. The summed E-state index contributed by atoms with van der Waals surface area (Å²) >= 11 is 0. The van der Waals surface area contributed by atoms with E-state index in [2.05, 4.69) is 9.98 Å². The van der Waals surface area contributed by atoms with Gasteiger partial charge in [0.25, 0.3) is 0 Å². The zero-order valence-corrected chi connectivity index (χ0v) is 11.7. The highest BCUT2D eigenvalue weighted by Crippen LogP contribution is 2.26. The first-order valence-electron chi connectivity index (χ1n) is 6.84. The summed E-state index contributed by atoms with van der Waals surface area (Å²) in [5.74, 6) is 0.956. The van der Waals surface area contributed by atoms with Crippen LogP contribution in [0.15, 0.2) is 53.5 Å².